The number of hydrogen-bond donors (Lipinski definition) is 2. The van der Waals surface area contributed by atoms with Gasteiger partial charge in [0.15, 0.2) is 0 Å². The van der Waals surface area contributed by atoms with Gasteiger partial charge in [-0.15, -0.1) is 0 Å². The Morgan fingerprint density at radius 3 is 2.48 bits per heavy atom. The summed E-state index contributed by atoms with van der Waals surface area (Å²) in [6.45, 7) is -0.195. The van der Waals surface area contributed by atoms with Crippen LogP contribution in [0.4, 0.5) is 5.69 Å². The van der Waals surface area contributed by atoms with Crippen LogP contribution in [0.5, 0.6) is 5.75 Å². The highest BCUT2D eigenvalue weighted by atomic mass is 32.2. The Morgan fingerprint density at radius 1 is 1.11 bits per heavy atom. The number of methoxy groups -OCH3 is 1. The Labute approximate surface area is 158 Å². The van der Waals surface area contributed by atoms with Gasteiger partial charge in [0, 0.05) is 24.4 Å². The van der Waals surface area contributed by atoms with Crippen molar-refractivity contribution in [2.45, 2.75) is 4.90 Å². The number of rotatable bonds is 7. The SMILES string of the molecule is CNS(=O)(=O)c1cccc(C(=O)N(C)CC(=O)Nc2cccc(OC)c2)c1. The van der Waals surface area contributed by atoms with E-state index in [1.807, 2.05) is 0 Å². The van der Waals surface area contributed by atoms with E-state index in [1.165, 1.54) is 50.4 Å². The van der Waals surface area contributed by atoms with Crippen LogP contribution in [0.25, 0.3) is 0 Å². The van der Waals surface area contributed by atoms with Gasteiger partial charge < -0.3 is 15.0 Å². The van der Waals surface area contributed by atoms with Crippen LogP contribution in [0.3, 0.4) is 0 Å². The molecular formula is C18H21N3O5S. The molecule has 0 aliphatic carbocycles. The molecule has 0 unspecified atom stereocenters. The second-order valence-corrected chi connectivity index (χ2v) is 7.56. The quantitative estimate of drug-likeness (QED) is 0.741. The number of anilines is 1. The zero-order valence-electron chi connectivity index (χ0n) is 15.2. The normalized spacial score (nSPS) is 10.9. The second kappa shape index (κ2) is 8.65. The number of ether oxygens (including phenoxy) is 1. The maximum absolute atomic E-state index is 12.5. The molecule has 0 spiro atoms. The first-order valence-electron chi connectivity index (χ1n) is 8.00. The van der Waals surface area contributed by atoms with Gasteiger partial charge in [0.05, 0.1) is 18.6 Å². The first kappa shape index (κ1) is 20.4. The third-order valence-corrected chi connectivity index (χ3v) is 5.15. The van der Waals surface area contributed by atoms with Crippen LogP contribution in [-0.2, 0) is 14.8 Å². The first-order valence-corrected chi connectivity index (χ1v) is 9.48. The number of carbonyl (C=O) groups is 2. The van der Waals surface area contributed by atoms with Gasteiger partial charge in [-0.05, 0) is 37.4 Å². The largest absolute Gasteiger partial charge is 0.497 e. The maximum Gasteiger partial charge on any atom is 0.254 e. The average molecular weight is 391 g/mol. The van der Waals surface area contributed by atoms with Crippen molar-refractivity contribution in [3.63, 3.8) is 0 Å². The number of sulfonamides is 1. The van der Waals surface area contributed by atoms with Crippen molar-refractivity contribution < 1.29 is 22.7 Å². The third-order valence-electron chi connectivity index (χ3n) is 3.74. The standard InChI is InChI=1S/C18H21N3O5S/c1-19-27(24,25)16-9-4-6-13(10-16)18(23)21(2)12-17(22)20-14-7-5-8-15(11-14)26-3/h4-11,19H,12H2,1-3H3,(H,20,22). The molecule has 0 radical (unpaired) electrons. The molecular weight excluding hydrogens is 370 g/mol. The molecule has 0 saturated heterocycles. The van der Waals surface area contributed by atoms with Crippen molar-refractivity contribution in [3.05, 3.63) is 54.1 Å². The molecule has 0 aliphatic heterocycles. The first-order chi connectivity index (χ1) is 12.8. The van der Waals surface area contributed by atoms with E-state index in [4.69, 9.17) is 4.74 Å². The number of benzene rings is 2. The van der Waals surface area contributed by atoms with E-state index in [2.05, 4.69) is 10.0 Å². The molecule has 2 aromatic carbocycles. The van der Waals surface area contributed by atoms with Crippen LogP contribution < -0.4 is 14.8 Å². The molecule has 0 aromatic heterocycles. The number of amides is 2. The number of nitrogens with zero attached hydrogens (tertiary/aromatic N) is 1. The lowest BCUT2D eigenvalue weighted by molar-refractivity contribution is -0.116. The van der Waals surface area contributed by atoms with Gasteiger partial charge in [0.1, 0.15) is 5.75 Å². The topological polar surface area (TPSA) is 105 Å². The van der Waals surface area contributed by atoms with Gasteiger partial charge in [0.2, 0.25) is 15.9 Å². The van der Waals surface area contributed by atoms with E-state index in [9.17, 15) is 18.0 Å². The summed E-state index contributed by atoms with van der Waals surface area (Å²) in [6.07, 6.45) is 0. The maximum atomic E-state index is 12.5. The zero-order chi connectivity index (χ0) is 20.0. The van der Waals surface area contributed by atoms with Crippen molar-refractivity contribution in [2.75, 3.05) is 33.1 Å². The average Bonchev–Trinajstić information content (AvgIpc) is 2.67. The Balaban J connectivity index is 2.07. The van der Waals surface area contributed by atoms with Crippen molar-refractivity contribution in [2.24, 2.45) is 0 Å². The van der Waals surface area contributed by atoms with E-state index in [-0.39, 0.29) is 17.0 Å². The summed E-state index contributed by atoms with van der Waals surface area (Å²) in [6, 6.07) is 12.5. The molecule has 8 nitrogen and oxygen atoms in total. The Bertz CT molecular complexity index is 944. The molecule has 144 valence electrons. The van der Waals surface area contributed by atoms with Crippen LogP contribution >= 0.6 is 0 Å². The highest BCUT2D eigenvalue weighted by molar-refractivity contribution is 7.89. The van der Waals surface area contributed by atoms with E-state index in [1.54, 1.807) is 24.3 Å². The number of nitrogens with one attached hydrogen (secondary N) is 2. The molecule has 0 fully saturated rings. The van der Waals surface area contributed by atoms with Gasteiger partial charge in [0.25, 0.3) is 5.91 Å². The third kappa shape index (κ3) is 5.28. The number of likely N-dealkylation sites (N-methyl/N-ethyl adjacent to an activating group) is 1. The smallest absolute Gasteiger partial charge is 0.254 e. The van der Waals surface area contributed by atoms with E-state index >= 15 is 0 Å². The van der Waals surface area contributed by atoms with Crippen molar-refractivity contribution in [1.29, 1.82) is 0 Å². The van der Waals surface area contributed by atoms with E-state index in [0.717, 1.165) is 0 Å². The molecule has 2 N–H and O–H groups in total. The van der Waals surface area contributed by atoms with Gasteiger partial charge in [-0.3, -0.25) is 9.59 Å². The molecule has 0 bridgehead atoms. The van der Waals surface area contributed by atoms with Gasteiger partial charge in [-0.1, -0.05) is 12.1 Å². The Hall–Kier alpha value is -2.91. The number of carbonyl (C=O) groups excluding carboxylic acids is 2. The Morgan fingerprint density at radius 2 is 1.81 bits per heavy atom. The summed E-state index contributed by atoms with van der Waals surface area (Å²) >= 11 is 0. The molecule has 2 rings (SSSR count). The minimum absolute atomic E-state index is 0.0231. The van der Waals surface area contributed by atoms with Crippen LogP contribution in [0.15, 0.2) is 53.4 Å². The molecule has 0 atom stereocenters. The summed E-state index contributed by atoms with van der Waals surface area (Å²) < 4.78 is 31.0. The monoisotopic (exact) mass is 391 g/mol. The molecule has 2 aromatic rings. The van der Waals surface area contributed by atoms with Crippen molar-refractivity contribution >= 4 is 27.5 Å². The molecule has 2 amide bonds. The summed E-state index contributed by atoms with van der Waals surface area (Å²) in [7, 11) is 0.617. The molecule has 27 heavy (non-hydrogen) atoms. The summed E-state index contributed by atoms with van der Waals surface area (Å²) in [5, 5.41) is 2.68. The predicted molar refractivity (Wildman–Crippen MR) is 101 cm³/mol. The lowest BCUT2D eigenvalue weighted by atomic mass is 10.2. The fourth-order valence-electron chi connectivity index (χ4n) is 2.32. The van der Waals surface area contributed by atoms with Crippen LogP contribution in [0.2, 0.25) is 0 Å². The highest BCUT2D eigenvalue weighted by Gasteiger charge is 2.18. The van der Waals surface area contributed by atoms with Crippen molar-refractivity contribution in [3.8, 4) is 5.75 Å². The van der Waals surface area contributed by atoms with Gasteiger partial charge >= 0.3 is 0 Å². The van der Waals surface area contributed by atoms with Crippen LogP contribution in [-0.4, -0.2) is 52.9 Å². The minimum Gasteiger partial charge on any atom is -0.497 e. The molecule has 9 heteroatoms. The number of hydrogen-bond acceptors (Lipinski definition) is 5. The lowest BCUT2D eigenvalue weighted by Gasteiger charge is -2.17. The minimum atomic E-state index is -3.66. The van der Waals surface area contributed by atoms with Gasteiger partial charge in [-0.25, -0.2) is 13.1 Å². The molecule has 0 saturated carbocycles. The highest BCUT2D eigenvalue weighted by Crippen LogP contribution is 2.17. The van der Waals surface area contributed by atoms with Gasteiger partial charge in [-0.2, -0.15) is 0 Å². The van der Waals surface area contributed by atoms with Crippen LogP contribution in [0, 0.1) is 0 Å². The fourth-order valence-corrected chi connectivity index (χ4v) is 3.10. The summed E-state index contributed by atoms with van der Waals surface area (Å²) in [5.74, 6) is -0.262. The van der Waals surface area contributed by atoms with E-state index < -0.39 is 21.8 Å². The second-order valence-electron chi connectivity index (χ2n) is 5.68. The van der Waals surface area contributed by atoms with Crippen molar-refractivity contribution in [1.82, 2.24) is 9.62 Å². The predicted octanol–water partition coefficient (Wildman–Crippen LogP) is 1.31. The lowest BCUT2D eigenvalue weighted by Crippen LogP contribution is -2.35. The molecule has 0 aliphatic rings. The molecule has 0 heterocycles. The fraction of sp³-hybridized carbons (Fsp3) is 0.222. The summed E-state index contributed by atoms with van der Waals surface area (Å²) in [4.78, 5) is 25.9. The van der Waals surface area contributed by atoms with E-state index in [0.29, 0.717) is 11.4 Å². The zero-order valence-corrected chi connectivity index (χ0v) is 16.0. The summed E-state index contributed by atoms with van der Waals surface area (Å²) in [5.41, 5.74) is 0.713. The Kier molecular flexibility index (Phi) is 6.54. The van der Waals surface area contributed by atoms with Crippen LogP contribution in [0.1, 0.15) is 10.4 Å².